The van der Waals surface area contributed by atoms with Gasteiger partial charge in [-0.2, -0.15) is 4.99 Å². The highest BCUT2D eigenvalue weighted by Crippen LogP contribution is 2.21. The smallest absolute Gasteiger partial charge is 0.326 e. The Morgan fingerprint density at radius 3 is 2.86 bits per heavy atom. The van der Waals surface area contributed by atoms with Crippen LogP contribution >= 0.6 is 11.3 Å². The van der Waals surface area contributed by atoms with Crippen LogP contribution < -0.4 is 4.80 Å². The maximum Gasteiger partial charge on any atom is 0.326 e. The third-order valence-corrected chi connectivity index (χ3v) is 5.49. The van der Waals surface area contributed by atoms with Gasteiger partial charge in [0, 0.05) is 17.1 Å². The maximum atomic E-state index is 12.9. The Morgan fingerprint density at radius 1 is 1.21 bits per heavy atom. The summed E-state index contributed by atoms with van der Waals surface area (Å²) in [4.78, 5) is 32.9. The highest BCUT2D eigenvalue weighted by Gasteiger charge is 2.15. The molecule has 2 aromatic heterocycles. The van der Waals surface area contributed by atoms with Crippen molar-refractivity contribution in [2.24, 2.45) is 4.99 Å². The molecule has 1 N–H and O–H groups in total. The maximum absolute atomic E-state index is 12.9. The molecule has 0 fully saturated rings. The van der Waals surface area contributed by atoms with Crippen molar-refractivity contribution in [3.63, 3.8) is 0 Å². The minimum absolute atomic E-state index is 0.0108. The lowest BCUT2D eigenvalue weighted by atomic mass is 10.2. The molecular formula is C21H19N3O3S. The Morgan fingerprint density at radius 2 is 2.04 bits per heavy atom. The number of carbonyl (C=O) groups excluding carboxylic acids is 2. The zero-order chi connectivity index (χ0) is 19.7. The van der Waals surface area contributed by atoms with E-state index >= 15 is 0 Å². The minimum atomic E-state index is -0.358. The van der Waals surface area contributed by atoms with Crippen LogP contribution in [0.4, 0.5) is 0 Å². The van der Waals surface area contributed by atoms with Crippen molar-refractivity contribution < 1.29 is 14.3 Å². The normalized spacial score (nSPS) is 12.0. The van der Waals surface area contributed by atoms with Crippen LogP contribution in [0.2, 0.25) is 0 Å². The van der Waals surface area contributed by atoms with Crippen LogP contribution in [-0.2, 0) is 16.1 Å². The van der Waals surface area contributed by atoms with E-state index in [0.29, 0.717) is 17.0 Å². The molecule has 0 bridgehead atoms. The molecular weight excluding hydrogens is 374 g/mol. The van der Waals surface area contributed by atoms with Gasteiger partial charge in [0.25, 0.3) is 5.91 Å². The number of aromatic amines is 1. The lowest BCUT2D eigenvalue weighted by molar-refractivity contribution is -0.143. The van der Waals surface area contributed by atoms with E-state index in [1.54, 1.807) is 17.7 Å². The zero-order valence-corrected chi connectivity index (χ0v) is 16.4. The van der Waals surface area contributed by atoms with E-state index in [9.17, 15) is 9.59 Å². The number of carbonyl (C=O) groups is 2. The number of rotatable bonds is 4. The molecule has 0 atom stereocenters. The van der Waals surface area contributed by atoms with Gasteiger partial charge in [-0.3, -0.25) is 9.59 Å². The number of benzene rings is 2. The average molecular weight is 393 g/mol. The number of H-pyrrole nitrogens is 1. The van der Waals surface area contributed by atoms with Crippen LogP contribution in [0.3, 0.4) is 0 Å². The van der Waals surface area contributed by atoms with Gasteiger partial charge in [-0.05, 0) is 37.6 Å². The molecule has 0 saturated heterocycles. The summed E-state index contributed by atoms with van der Waals surface area (Å²) < 4.78 is 7.80. The number of ether oxygens (including phenoxy) is 1. The van der Waals surface area contributed by atoms with Crippen LogP contribution in [0, 0.1) is 6.92 Å². The van der Waals surface area contributed by atoms with E-state index in [4.69, 9.17) is 4.74 Å². The summed E-state index contributed by atoms with van der Waals surface area (Å²) in [6.07, 6.45) is 1.67. The fraction of sp³-hybridized carbons (Fsp3) is 0.190. The zero-order valence-electron chi connectivity index (χ0n) is 15.6. The van der Waals surface area contributed by atoms with Crippen molar-refractivity contribution in [3.8, 4) is 0 Å². The molecule has 1 amide bonds. The molecule has 6 nitrogen and oxygen atoms in total. The standard InChI is InChI=1S/C21H19N3O3S/c1-3-27-19(25)12-24-17-9-8-13(2)10-18(17)28-21(24)23-20(26)15-11-22-16-7-5-4-6-14(15)16/h4-11,22H,3,12H2,1-2H3. The highest BCUT2D eigenvalue weighted by molar-refractivity contribution is 7.16. The number of hydrogen-bond acceptors (Lipinski definition) is 4. The predicted octanol–water partition coefficient (Wildman–Crippen LogP) is 3.80. The summed E-state index contributed by atoms with van der Waals surface area (Å²) in [7, 11) is 0. The first-order valence-corrected chi connectivity index (χ1v) is 9.79. The van der Waals surface area contributed by atoms with Crippen molar-refractivity contribution in [2.45, 2.75) is 20.4 Å². The lowest BCUT2D eigenvalue weighted by Gasteiger charge is -2.05. The largest absolute Gasteiger partial charge is 0.465 e. The first-order valence-electron chi connectivity index (χ1n) is 8.97. The number of para-hydroxylation sites is 1. The number of amides is 1. The highest BCUT2D eigenvalue weighted by atomic mass is 32.1. The first-order chi connectivity index (χ1) is 13.6. The SMILES string of the molecule is CCOC(=O)Cn1c(=NC(=O)c2c[nH]c3ccccc23)sc2cc(C)ccc21. The first kappa shape index (κ1) is 18.2. The van der Waals surface area contributed by atoms with Crippen LogP contribution in [0.1, 0.15) is 22.8 Å². The third-order valence-electron chi connectivity index (χ3n) is 4.45. The van der Waals surface area contributed by atoms with Crippen LogP contribution in [-0.4, -0.2) is 28.0 Å². The Kier molecular flexibility index (Phi) is 4.83. The van der Waals surface area contributed by atoms with Crippen molar-refractivity contribution in [1.82, 2.24) is 9.55 Å². The molecule has 0 aliphatic carbocycles. The Balaban J connectivity index is 1.84. The number of nitrogens with one attached hydrogen (secondary N) is 1. The molecule has 7 heteroatoms. The predicted molar refractivity (Wildman–Crippen MR) is 109 cm³/mol. The van der Waals surface area contributed by atoms with Gasteiger partial charge in [0.15, 0.2) is 4.80 Å². The molecule has 0 aliphatic rings. The summed E-state index contributed by atoms with van der Waals surface area (Å²) >= 11 is 1.39. The summed E-state index contributed by atoms with van der Waals surface area (Å²) in [5.74, 6) is -0.706. The molecule has 2 heterocycles. The molecule has 0 saturated carbocycles. The van der Waals surface area contributed by atoms with E-state index in [2.05, 4.69) is 9.98 Å². The van der Waals surface area contributed by atoms with E-state index in [1.807, 2.05) is 49.4 Å². The number of aryl methyl sites for hydroxylation is 1. The van der Waals surface area contributed by atoms with Gasteiger partial charge in [0.05, 0.1) is 22.4 Å². The Labute approximate surface area is 165 Å². The van der Waals surface area contributed by atoms with Gasteiger partial charge in [-0.15, -0.1) is 0 Å². The second kappa shape index (κ2) is 7.44. The van der Waals surface area contributed by atoms with Gasteiger partial charge >= 0.3 is 5.97 Å². The van der Waals surface area contributed by atoms with E-state index < -0.39 is 0 Å². The topological polar surface area (TPSA) is 76.5 Å². The van der Waals surface area contributed by atoms with Gasteiger partial charge < -0.3 is 14.3 Å². The number of hydrogen-bond donors (Lipinski definition) is 1. The van der Waals surface area contributed by atoms with E-state index in [0.717, 1.165) is 26.7 Å². The monoisotopic (exact) mass is 393 g/mol. The molecule has 4 aromatic rings. The van der Waals surface area contributed by atoms with Crippen molar-refractivity contribution in [1.29, 1.82) is 0 Å². The van der Waals surface area contributed by atoms with Crippen LogP contribution in [0.25, 0.3) is 21.1 Å². The van der Waals surface area contributed by atoms with Crippen molar-refractivity contribution in [3.05, 3.63) is 64.6 Å². The van der Waals surface area contributed by atoms with Crippen LogP contribution in [0.5, 0.6) is 0 Å². The molecule has 28 heavy (non-hydrogen) atoms. The quantitative estimate of drug-likeness (QED) is 0.536. The number of nitrogens with zero attached hydrogens (tertiary/aromatic N) is 2. The molecule has 0 spiro atoms. The number of fused-ring (bicyclic) bond motifs is 2. The summed E-state index contributed by atoms with van der Waals surface area (Å²) in [5.41, 5.74) is 3.35. The van der Waals surface area contributed by atoms with Crippen LogP contribution in [0.15, 0.2) is 53.7 Å². The Bertz CT molecular complexity index is 1260. The number of aromatic nitrogens is 2. The fourth-order valence-electron chi connectivity index (χ4n) is 3.15. The number of esters is 1. The summed E-state index contributed by atoms with van der Waals surface area (Å²) in [6.45, 7) is 4.09. The molecule has 2 aromatic carbocycles. The second-order valence-corrected chi connectivity index (χ2v) is 7.42. The summed E-state index contributed by atoms with van der Waals surface area (Å²) in [6, 6.07) is 13.5. The molecule has 142 valence electrons. The van der Waals surface area contributed by atoms with E-state index in [1.165, 1.54) is 11.3 Å². The molecule has 0 radical (unpaired) electrons. The molecule has 0 aliphatic heterocycles. The second-order valence-electron chi connectivity index (χ2n) is 6.41. The number of thiazole rings is 1. The molecule has 0 unspecified atom stereocenters. The minimum Gasteiger partial charge on any atom is -0.465 e. The van der Waals surface area contributed by atoms with Crippen molar-refractivity contribution in [2.75, 3.05) is 6.61 Å². The van der Waals surface area contributed by atoms with E-state index in [-0.39, 0.29) is 18.4 Å². The van der Waals surface area contributed by atoms with Gasteiger partial charge in [-0.25, -0.2) is 0 Å². The lowest BCUT2D eigenvalue weighted by Crippen LogP contribution is -2.23. The van der Waals surface area contributed by atoms with Gasteiger partial charge in [-0.1, -0.05) is 35.6 Å². The molecule has 4 rings (SSSR count). The Hall–Kier alpha value is -3.19. The fourth-order valence-corrected chi connectivity index (χ4v) is 4.28. The summed E-state index contributed by atoms with van der Waals surface area (Å²) in [5, 5.41) is 0.824. The van der Waals surface area contributed by atoms with Crippen molar-refractivity contribution >= 4 is 44.3 Å². The average Bonchev–Trinajstić information content (AvgIpc) is 3.23. The van der Waals surface area contributed by atoms with Gasteiger partial charge in [0.2, 0.25) is 0 Å². The third kappa shape index (κ3) is 3.36. The van der Waals surface area contributed by atoms with Gasteiger partial charge in [0.1, 0.15) is 6.54 Å².